The van der Waals surface area contributed by atoms with Gasteiger partial charge in [-0.15, -0.1) is 0 Å². The maximum absolute atomic E-state index is 12.1. The van der Waals surface area contributed by atoms with Gasteiger partial charge in [0, 0.05) is 38.3 Å². The largest absolute Gasteiger partial charge is 0.389 e. The first-order valence-corrected chi connectivity index (χ1v) is 8.38. The Morgan fingerprint density at radius 1 is 1.39 bits per heavy atom. The standard InChI is InChI=1S/C16H24N4O3/c21-14(6-9-19-8-2-5-15(19)22)18-12-3-1-4-13(16(12)23)20-10-7-17-11-20/h7,10-13,16,23H,1-6,8-9H2,(H,18,21)/t12-,13-,16-/m1/s1. The topological polar surface area (TPSA) is 87.5 Å². The van der Waals surface area contributed by atoms with E-state index in [9.17, 15) is 14.7 Å². The maximum Gasteiger partial charge on any atom is 0.222 e. The molecule has 2 heterocycles. The van der Waals surface area contributed by atoms with Crippen molar-refractivity contribution in [1.29, 1.82) is 0 Å². The Bertz CT molecular complexity index is 546. The summed E-state index contributed by atoms with van der Waals surface area (Å²) in [6.07, 6.45) is 9.02. The van der Waals surface area contributed by atoms with E-state index in [0.29, 0.717) is 19.4 Å². The number of rotatable bonds is 5. The number of aliphatic hydroxyl groups is 1. The van der Waals surface area contributed by atoms with E-state index in [1.807, 2.05) is 10.8 Å². The van der Waals surface area contributed by atoms with Crippen LogP contribution in [0.15, 0.2) is 18.7 Å². The lowest BCUT2D eigenvalue weighted by Crippen LogP contribution is -2.49. The smallest absolute Gasteiger partial charge is 0.222 e. The molecule has 3 atom stereocenters. The number of hydrogen-bond acceptors (Lipinski definition) is 4. The van der Waals surface area contributed by atoms with Crippen molar-refractivity contribution >= 4 is 11.8 Å². The SMILES string of the molecule is O=C(CCN1CCCC1=O)N[C@@H]1CCC[C@@H](n2ccnc2)[C@@H]1O. The van der Waals surface area contributed by atoms with E-state index in [2.05, 4.69) is 10.3 Å². The van der Waals surface area contributed by atoms with Crippen molar-refractivity contribution < 1.29 is 14.7 Å². The molecule has 2 amide bonds. The maximum atomic E-state index is 12.1. The molecule has 1 saturated heterocycles. The highest BCUT2D eigenvalue weighted by atomic mass is 16.3. The predicted molar refractivity (Wildman–Crippen MR) is 83.5 cm³/mol. The molecule has 2 fully saturated rings. The van der Waals surface area contributed by atoms with Gasteiger partial charge >= 0.3 is 0 Å². The minimum Gasteiger partial charge on any atom is -0.389 e. The van der Waals surface area contributed by atoms with Crippen molar-refractivity contribution in [2.45, 2.75) is 56.7 Å². The monoisotopic (exact) mass is 320 g/mol. The molecule has 23 heavy (non-hydrogen) atoms. The molecule has 1 aliphatic heterocycles. The molecule has 0 unspecified atom stereocenters. The van der Waals surface area contributed by atoms with Crippen molar-refractivity contribution in [2.24, 2.45) is 0 Å². The molecule has 1 saturated carbocycles. The third-order valence-electron chi connectivity index (χ3n) is 4.86. The molecule has 1 aromatic rings. The third kappa shape index (κ3) is 3.72. The molecule has 0 spiro atoms. The molecule has 2 N–H and O–H groups in total. The minimum atomic E-state index is -0.615. The quantitative estimate of drug-likeness (QED) is 0.825. The van der Waals surface area contributed by atoms with Crippen molar-refractivity contribution in [1.82, 2.24) is 19.8 Å². The Balaban J connectivity index is 1.50. The van der Waals surface area contributed by atoms with Crippen LogP contribution in [-0.2, 0) is 9.59 Å². The number of nitrogens with one attached hydrogen (secondary N) is 1. The molecular weight excluding hydrogens is 296 g/mol. The normalized spacial score (nSPS) is 28.1. The summed E-state index contributed by atoms with van der Waals surface area (Å²) in [5.41, 5.74) is 0. The summed E-state index contributed by atoms with van der Waals surface area (Å²) in [5, 5.41) is 13.5. The first kappa shape index (κ1) is 16.0. The molecule has 2 aliphatic rings. The Morgan fingerprint density at radius 2 is 2.26 bits per heavy atom. The van der Waals surface area contributed by atoms with E-state index in [-0.39, 0.29) is 23.9 Å². The van der Waals surface area contributed by atoms with Gasteiger partial charge in [-0.25, -0.2) is 4.98 Å². The summed E-state index contributed by atoms with van der Waals surface area (Å²) in [5.74, 6) is 0.0377. The van der Waals surface area contributed by atoms with Gasteiger partial charge in [-0.2, -0.15) is 0 Å². The summed E-state index contributed by atoms with van der Waals surface area (Å²) in [6, 6.07) is -0.283. The lowest BCUT2D eigenvalue weighted by Gasteiger charge is -2.35. The van der Waals surface area contributed by atoms with Gasteiger partial charge in [-0.3, -0.25) is 9.59 Å². The summed E-state index contributed by atoms with van der Waals surface area (Å²) >= 11 is 0. The molecular formula is C16H24N4O3. The highest BCUT2D eigenvalue weighted by Gasteiger charge is 2.33. The highest BCUT2D eigenvalue weighted by Crippen LogP contribution is 2.28. The van der Waals surface area contributed by atoms with E-state index < -0.39 is 6.10 Å². The highest BCUT2D eigenvalue weighted by molar-refractivity contribution is 5.80. The van der Waals surface area contributed by atoms with Crippen molar-refractivity contribution in [3.63, 3.8) is 0 Å². The number of aromatic nitrogens is 2. The van der Waals surface area contributed by atoms with Crippen molar-refractivity contribution in [2.75, 3.05) is 13.1 Å². The van der Waals surface area contributed by atoms with Crippen LogP contribution in [0.4, 0.5) is 0 Å². The lowest BCUT2D eigenvalue weighted by molar-refractivity contribution is -0.129. The second-order valence-electron chi connectivity index (χ2n) is 6.41. The average Bonchev–Trinajstić information content (AvgIpc) is 3.19. The fourth-order valence-corrected chi connectivity index (χ4v) is 3.56. The number of aliphatic hydroxyl groups excluding tert-OH is 1. The number of imidazole rings is 1. The van der Waals surface area contributed by atoms with Gasteiger partial charge < -0.3 is 19.9 Å². The fraction of sp³-hybridized carbons (Fsp3) is 0.688. The first-order valence-electron chi connectivity index (χ1n) is 8.38. The number of amides is 2. The van der Waals surface area contributed by atoms with Crippen LogP contribution < -0.4 is 5.32 Å². The Hall–Kier alpha value is -1.89. The van der Waals surface area contributed by atoms with Gasteiger partial charge in [0.2, 0.25) is 11.8 Å². The van der Waals surface area contributed by atoms with Gasteiger partial charge in [0.1, 0.15) is 0 Å². The average molecular weight is 320 g/mol. The van der Waals surface area contributed by atoms with Gasteiger partial charge in [-0.1, -0.05) is 0 Å². The van der Waals surface area contributed by atoms with Gasteiger partial charge in [0.15, 0.2) is 0 Å². The number of likely N-dealkylation sites (tertiary alicyclic amines) is 1. The summed E-state index contributed by atoms with van der Waals surface area (Å²) in [6.45, 7) is 1.22. The van der Waals surface area contributed by atoms with Crippen LogP contribution in [0.2, 0.25) is 0 Å². The molecule has 1 aliphatic carbocycles. The van der Waals surface area contributed by atoms with Crippen LogP contribution in [0.3, 0.4) is 0 Å². The Morgan fingerprint density at radius 3 is 2.96 bits per heavy atom. The van der Waals surface area contributed by atoms with Crippen LogP contribution in [0.1, 0.15) is 44.6 Å². The lowest BCUT2D eigenvalue weighted by atomic mass is 9.88. The minimum absolute atomic E-state index is 0.0447. The second-order valence-corrected chi connectivity index (χ2v) is 6.41. The van der Waals surface area contributed by atoms with Crippen molar-refractivity contribution in [3.8, 4) is 0 Å². The van der Waals surface area contributed by atoms with E-state index in [1.54, 1.807) is 17.4 Å². The fourth-order valence-electron chi connectivity index (χ4n) is 3.56. The summed E-state index contributed by atoms with van der Waals surface area (Å²) < 4.78 is 1.91. The number of hydrogen-bond donors (Lipinski definition) is 2. The first-order chi connectivity index (χ1) is 11.1. The second kappa shape index (κ2) is 7.12. The Labute approximate surface area is 135 Å². The number of carbonyl (C=O) groups excluding carboxylic acids is 2. The predicted octanol–water partition coefficient (Wildman–Crippen LogP) is 0.466. The molecule has 7 heteroatoms. The molecule has 126 valence electrons. The van der Waals surface area contributed by atoms with E-state index in [0.717, 1.165) is 32.2 Å². The summed E-state index contributed by atoms with van der Waals surface area (Å²) in [4.78, 5) is 29.4. The van der Waals surface area contributed by atoms with Gasteiger partial charge in [-0.05, 0) is 25.7 Å². The zero-order valence-electron chi connectivity index (χ0n) is 13.2. The van der Waals surface area contributed by atoms with E-state index in [4.69, 9.17) is 0 Å². The van der Waals surface area contributed by atoms with Crippen LogP contribution in [0.25, 0.3) is 0 Å². The van der Waals surface area contributed by atoms with E-state index in [1.165, 1.54) is 0 Å². The molecule has 0 radical (unpaired) electrons. The van der Waals surface area contributed by atoms with Crippen LogP contribution in [0, 0.1) is 0 Å². The molecule has 3 rings (SSSR count). The summed E-state index contributed by atoms with van der Waals surface area (Å²) in [7, 11) is 0. The van der Waals surface area contributed by atoms with Crippen LogP contribution in [0.5, 0.6) is 0 Å². The van der Waals surface area contributed by atoms with Gasteiger partial charge in [0.25, 0.3) is 0 Å². The number of carbonyl (C=O) groups is 2. The molecule has 7 nitrogen and oxygen atoms in total. The van der Waals surface area contributed by atoms with Crippen molar-refractivity contribution in [3.05, 3.63) is 18.7 Å². The molecule has 1 aromatic heterocycles. The Kier molecular flexibility index (Phi) is 4.95. The zero-order chi connectivity index (χ0) is 16.2. The molecule has 0 bridgehead atoms. The number of nitrogens with zero attached hydrogens (tertiary/aromatic N) is 3. The van der Waals surface area contributed by atoms with Crippen LogP contribution >= 0.6 is 0 Å². The third-order valence-corrected chi connectivity index (χ3v) is 4.86. The van der Waals surface area contributed by atoms with Crippen LogP contribution in [-0.4, -0.2) is 56.6 Å². The van der Waals surface area contributed by atoms with E-state index >= 15 is 0 Å². The zero-order valence-corrected chi connectivity index (χ0v) is 13.2. The van der Waals surface area contributed by atoms with Gasteiger partial charge in [0.05, 0.1) is 24.5 Å². The molecule has 0 aromatic carbocycles.